The van der Waals surface area contributed by atoms with E-state index in [2.05, 4.69) is 20.8 Å². The van der Waals surface area contributed by atoms with Gasteiger partial charge in [0.1, 0.15) is 0 Å². The molecule has 2 heteroatoms. The lowest BCUT2D eigenvalue weighted by molar-refractivity contribution is -0.137. The standard InChI is InChI=1S/C12H24O2/c1-4-10(2)6-5-7-11(3)8-9-12(13)14/h10-11H,4-9H2,1-3H3,(H,13,14)/t10-,11+/m1/s1. The molecule has 2 nitrogen and oxygen atoms in total. The van der Waals surface area contributed by atoms with Gasteiger partial charge in [-0.3, -0.25) is 4.79 Å². The van der Waals surface area contributed by atoms with Gasteiger partial charge in [0.05, 0.1) is 0 Å². The smallest absolute Gasteiger partial charge is 0.303 e. The van der Waals surface area contributed by atoms with E-state index in [1.807, 2.05) is 0 Å². The molecule has 0 saturated carbocycles. The van der Waals surface area contributed by atoms with E-state index in [0.29, 0.717) is 12.3 Å². The Morgan fingerprint density at radius 3 is 2.21 bits per heavy atom. The summed E-state index contributed by atoms with van der Waals surface area (Å²) in [7, 11) is 0. The SMILES string of the molecule is CC[C@@H](C)CCC[C@H](C)CCC(=O)O. The quantitative estimate of drug-likeness (QED) is 0.648. The Morgan fingerprint density at radius 2 is 1.71 bits per heavy atom. The van der Waals surface area contributed by atoms with E-state index >= 15 is 0 Å². The zero-order valence-electron chi connectivity index (χ0n) is 9.75. The molecule has 0 aliphatic carbocycles. The average Bonchev–Trinajstić information content (AvgIpc) is 2.14. The number of carboxylic acids is 1. The summed E-state index contributed by atoms with van der Waals surface area (Å²) < 4.78 is 0. The molecule has 1 N–H and O–H groups in total. The molecule has 0 aliphatic rings. The van der Waals surface area contributed by atoms with Gasteiger partial charge in [-0.15, -0.1) is 0 Å². The van der Waals surface area contributed by atoms with Crippen LogP contribution >= 0.6 is 0 Å². The van der Waals surface area contributed by atoms with Crippen molar-refractivity contribution in [2.45, 2.75) is 59.3 Å². The van der Waals surface area contributed by atoms with E-state index in [1.54, 1.807) is 0 Å². The summed E-state index contributed by atoms with van der Waals surface area (Å²) in [6.45, 7) is 6.65. The fourth-order valence-electron chi connectivity index (χ4n) is 1.53. The van der Waals surface area contributed by atoms with Crippen molar-refractivity contribution in [1.29, 1.82) is 0 Å². The third kappa shape index (κ3) is 8.09. The largest absolute Gasteiger partial charge is 0.481 e. The maximum absolute atomic E-state index is 10.3. The van der Waals surface area contributed by atoms with Crippen LogP contribution in [0.5, 0.6) is 0 Å². The predicted octanol–water partition coefficient (Wildman–Crippen LogP) is 3.70. The summed E-state index contributed by atoms with van der Waals surface area (Å²) in [4.78, 5) is 10.3. The molecule has 0 unspecified atom stereocenters. The van der Waals surface area contributed by atoms with Crippen LogP contribution in [0.1, 0.15) is 59.3 Å². The highest BCUT2D eigenvalue weighted by Gasteiger charge is 2.06. The van der Waals surface area contributed by atoms with E-state index in [9.17, 15) is 4.79 Å². The third-order valence-corrected chi connectivity index (χ3v) is 2.94. The van der Waals surface area contributed by atoms with Gasteiger partial charge in [0, 0.05) is 6.42 Å². The molecule has 0 rings (SSSR count). The minimum atomic E-state index is -0.668. The molecule has 14 heavy (non-hydrogen) atoms. The highest BCUT2D eigenvalue weighted by atomic mass is 16.4. The van der Waals surface area contributed by atoms with Crippen molar-refractivity contribution in [2.24, 2.45) is 11.8 Å². The van der Waals surface area contributed by atoms with Crippen LogP contribution in [-0.4, -0.2) is 11.1 Å². The molecule has 0 aromatic rings. The maximum Gasteiger partial charge on any atom is 0.303 e. The molecule has 0 bridgehead atoms. The Kier molecular flexibility index (Phi) is 7.54. The van der Waals surface area contributed by atoms with Crippen molar-refractivity contribution < 1.29 is 9.90 Å². The molecule has 0 fully saturated rings. The van der Waals surface area contributed by atoms with Gasteiger partial charge < -0.3 is 5.11 Å². The fourth-order valence-corrected chi connectivity index (χ4v) is 1.53. The molecule has 0 radical (unpaired) electrons. The first kappa shape index (κ1) is 13.5. The summed E-state index contributed by atoms with van der Waals surface area (Å²) >= 11 is 0. The van der Waals surface area contributed by atoms with Crippen molar-refractivity contribution >= 4 is 5.97 Å². The fraction of sp³-hybridized carbons (Fsp3) is 0.917. The minimum absolute atomic E-state index is 0.324. The number of hydrogen-bond donors (Lipinski definition) is 1. The van der Waals surface area contributed by atoms with E-state index in [1.165, 1.54) is 25.7 Å². The van der Waals surface area contributed by atoms with Crippen LogP contribution in [0.2, 0.25) is 0 Å². The summed E-state index contributed by atoms with van der Waals surface area (Å²) in [6, 6.07) is 0. The predicted molar refractivity (Wildman–Crippen MR) is 59.3 cm³/mol. The van der Waals surface area contributed by atoms with Crippen molar-refractivity contribution in [3.05, 3.63) is 0 Å². The molecule has 0 saturated heterocycles. The van der Waals surface area contributed by atoms with Crippen LogP contribution in [0, 0.1) is 11.8 Å². The average molecular weight is 200 g/mol. The molecule has 0 heterocycles. The lowest BCUT2D eigenvalue weighted by Gasteiger charge is -2.12. The Bertz CT molecular complexity index is 154. The van der Waals surface area contributed by atoms with E-state index in [0.717, 1.165) is 12.3 Å². The highest BCUT2D eigenvalue weighted by molar-refractivity contribution is 5.66. The highest BCUT2D eigenvalue weighted by Crippen LogP contribution is 2.17. The number of carbonyl (C=O) groups is 1. The zero-order valence-corrected chi connectivity index (χ0v) is 9.75. The lowest BCUT2D eigenvalue weighted by Crippen LogP contribution is -2.02. The lowest BCUT2D eigenvalue weighted by atomic mass is 9.94. The van der Waals surface area contributed by atoms with Crippen molar-refractivity contribution in [1.82, 2.24) is 0 Å². The first-order chi connectivity index (χ1) is 6.56. The zero-order chi connectivity index (χ0) is 11.0. The molecule has 0 aromatic heterocycles. The van der Waals surface area contributed by atoms with Crippen molar-refractivity contribution in [3.63, 3.8) is 0 Å². The van der Waals surface area contributed by atoms with Gasteiger partial charge >= 0.3 is 5.97 Å². The summed E-state index contributed by atoms with van der Waals surface area (Å²) in [5.41, 5.74) is 0. The van der Waals surface area contributed by atoms with Crippen LogP contribution in [0.15, 0.2) is 0 Å². The van der Waals surface area contributed by atoms with Crippen LogP contribution in [0.25, 0.3) is 0 Å². The number of rotatable bonds is 8. The molecule has 0 aromatic carbocycles. The van der Waals surface area contributed by atoms with Crippen molar-refractivity contribution in [2.75, 3.05) is 0 Å². The summed E-state index contributed by atoms with van der Waals surface area (Å²) in [5.74, 6) is 0.718. The monoisotopic (exact) mass is 200 g/mol. The molecule has 0 amide bonds. The van der Waals surface area contributed by atoms with E-state index in [-0.39, 0.29) is 0 Å². The topological polar surface area (TPSA) is 37.3 Å². The van der Waals surface area contributed by atoms with Gasteiger partial charge in [0.2, 0.25) is 0 Å². The second kappa shape index (κ2) is 7.84. The summed E-state index contributed by atoms with van der Waals surface area (Å²) in [5, 5.41) is 8.51. The van der Waals surface area contributed by atoms with Crippen LogP contribution in [0.3, 0.4) is 0 Å². The number of carboxylic acid groups (broad SMARTS) is 1. The second-order valence-corrected chi connectivity index (χ2v) is 4.48. The molecular weight excluding hydrogens is 176 g/mol. The van der Waals surface area contributed by atoms with Gasteiger partial charge in [-0.05, 0) is 18.3 Å². The second-order valence-electron chi connectivity index (χ2n) is 4.48. The Balaban J connectivity index is 3.35. The Hall–Kier alpha value is -0.530. The molecular formula is C12H24O2. The molecule has 2 atom stereocenters. The minimum Gasteiger partial charge on any atom is -0.481 e. The van der Waals surface area contributed by atoms with Gasteiger partial charge in [0.25, 0.3) is 0 Å². The van der Waals surface area contributed by atoms with Gasteiger partial charge in [-0.25, -0.2) is 0 Å². The first-order valence-corrected chi connectivity index (χ1v) is 5.78. The summed E-state index contributed by atoms with van der Waals surface area (Å²) in [6.07, 6.45) is 6.12. The van der Waals surface area contributed by atoms with Crippen LogP contribution in [-0.2, 0) is 4.79 Å². The van der Waals surface area contributed by atoms with E-state index < -0.39 is 5.97 Å². The van der Waals surface area contributed by atoms with Gasteiger partial charge in [0.15, 0.2) is 0 Å². The number of hydrogen-bond acceptors (Lipinski definition) is 1. The third-order valence-electron chi connectivity index (χ3n) is 2.94. The normalized spacial score (nSPS) is 15.1. The molecule has 0 spiro atoms. The van der Waals surface area contributed by atoms with Crippen molar-refractivity contribution in [3.8, 4) is 0 Å². The first-order valence-electron chi connectivity index (χ1n) is 5.78. The Labute approximate surface area is 87.7 Å². The molecule has 0 aliphatic heterocycles. The van der Waals surface area contributed by atoms with E-state index in [4.69, 9.17) is 5.11 Å². The Morgan fingerprint density at radius 1 is 1.14 bits per heavy atom. The number of aliphatic carboxylic acids is 1. The maximum atomic E-state index is 10.3. The van der Waals surface area contributed by atoms with Crippen LogP contribution < -0.4 is 0 Å². The van der Waals surface area contributed by atoms with Gasteiger partial charge in [-0.1, -0.05) is 46.5 Å². The van der Waals surface area contributed by atoms with Gasteiger partial charge in [-0.2, -0.15) is 0 Å². The van der Waals surface area contributed by atoms with Crippen LogP contribution in [0.4, 0.5) is 0 Å². The molecule has 84 valence electrons.